The molecule has 1 atom stereocenters. The van der Waals surface area contributed by atoms with Gasteiger partial charge in [0.2, 0.25) is 0 Å². The molecule has 0 fully saturated rings. The SMILES string of the molecule is CC(C)(C)c1ccc(C(=O)NC2CCCc3cc(-c4ncnc5[nH]ccc45)ccc32)nc1. The number of amides is 1. The summed E-state index contributed by atoms with van der Waals surface area (Å²) in [5, 5.41) is 4.21. The molecular weight excluding hydrogens is 398 g/mol. The maximum atomic E-state index is 12.9. The van der Waals surface area contributed by atoms with Gasteiger partial charge in [-0.05, 0) is 59.6 Å². The molecule has 1 aromatic carbocycles. The Balaban J connectivity index is 1.39. The summed E-state index contributed by atoms with van der Waals surface area (Å²) in [6.45, 7) is 6.42. The first-order chi connectivity index (χ1) is 15.4. The standard InChI is InChI=1S/C26H27N5O/c1-26(2,3)18-8-10-22(28-14-18)25(32)31-21-6-4-5-16-13-17(7-9-19(16)21)23-20-11-12-27-24(20)30-15-29-23/h7-15,21H,4-6H2,1-3H3,(H,31,32)(H,27,29,30). The van der Waals surface area contributed by atoms with Crippen LogP contribution in [0.1, 0.15) is 66.8 Å². The Hall–Kier alpha value is -3.54. The molecule has 1 aliphatic carbocycles. The predicted octanol–water partition coefficient (Wildman–Crippen LogP) is 5.12. The monoisotopic (exact) mass is 425 g/mol. The second-order valence-electron chi connectivity index (χ2n) is 9.48. The Bertz CT molecular complexity index is 1280. The molecule has 6 nitrogen and oxygen atoms in total. The van der Waals surface area contributed by atoms with E-state index >= 15 is 0 Å². The summed E-state index contributed by atoms with van der Waals surface area (Å²) in [5.74, 6) is -0.128. The van der Waals surface area contributed by atoms with E-state index in [9.17, 15) is 4.79 Å². The minimum Gasteiger partial charge on any atom is -0.346 e. The van der Waals surface area contributed by atoms with Gasteiger partial charge < -0.3 is 10.3 Å². The van der Waals surface area contributed by atoms with Crippen molar-refractivity contribution in [1.82, 2.24) is 25.3 Å². The van der Waals surface area contributed by atoms with E-state index in [1.54, 1.807) is 12.5 Å². The van der Waals surface area contributed by atoms with Crippen LogP contribution in [0.4, 0.5) is 0 Å². The molecular formula is C26H27N5O. The Morgan fingerprint density at radius 2 is 1.97 bits per heavy atom. The molecule has 0 saturated carbocycles. The quantitative estimate of drug-likeness (QED) is 0.477. The van der Waals surface area contributed by atoms with Crippen LogP contribution in [0.25, 0.3) is 22.3 Å². The molecule has 3 heterocycles. The molecule has 1 amide bonds. The van der Waals surface area contributed by atoms with E-state index in [-0.39, 0.29) is 17.4 Å². The molecule has 4 aromatic rings. The molecule has 2 N–H and O–H groups in total. The van der Waals surface area contributed by atoms with Crippen LogP contribution in [0.2, 0.25) is 0 Å². The highest BCUT2D eigenvalue weighted by Gasteiger charge is 2.24. The van der Waals surface area contributed by atoms with Crippen molar-refractivity contribution in [2.24, 2.45) is 0 Å². The van der Waals surface area contributed by atoms with Crippen LogP contribution in [-0.2, 0) is 11.8 Å². The first-order valence-corrected chi connectivity index (χ1v) is 11.1. The first kappa shape index (κ1) is 20.4. The number of carbonyl (C=O) groups excluding carboxylic acids is 1. The Labute approximate surface area is 187 Å². The van der Waals surface area contributed by atoms with Crippen molar-refractivity contribution in [3.05, 3.63) is 77.5 Å². The molecule has 0 saturated heterocycles. The lowest BCUT2D eigenvalue weighted by Crippen LogP contribution is -2.31. The Morgan fingerprint density at radius 3 is 2.75 bits per heavy atom. The van der Waals surface area contributed by atoms with Gasteiger partial charge in [0.05, 0.1) is 11.7 Å². The number of hydrogen-bond acceptors (Lipinski definition) is 4. The van der Waals surface area contributed by atoms with E-state index in [4.69, 9.17) is 0 Å². The molecule has 32 heavy (non-hydrogen) atoms. The maximum Gasteiger partial charge on any atom is 0.270 e. The number of rotatable bonds is 3. The lowest BCUT2D eigenvalue weighted by molar-refractivity contribution is 0.0927. The van der Waals surface area contributed by atoms with Crippen molar-refractivity contribution >= 4 is 16.9 Å². The number of H-pyrrole nitrogens is 1. The molecule has 0 aliphatic heterocycles. The molecule has 0 spiro atoms. The number of fused-ring (bicyclic) bond motifs is 2. The van der Waals surface area contributed by atoms with Crippen molar-refractivity contribution < 1.29 is 4.79 Å². The minimum absolute atomic E-state index is 0.0116. The molecule has 0 radical (unpaired) electrons. The summed E-state index contributed by atoms with van der Waals surface area (Å²) in [7, 11) is 0. The number of benzene rings is 1. The summed E-state index contributed by atoms with van der Waals surface area (Å²) in [4.78, 5) is 29.3. The van der Waals surface area contributed by atoms with Crippen LogP contribution in [-0.4, -0.2) is 25.8 Å². The number of aryl methyl sites for hydroxylation is 1. The normalized spacial score (nSPS) is 16.0. The van der Waals surface area contributed by atoms with E-state index in [0.29, 0.717) is 5.69 Å². The van der Waals surface area contributed by atoms with Crippen molar-refractivity contribution in [3.8, 4) is 11.3 Å². The second-order valence-corrected chi connectivity index (χ2v) is 9.48. The lowest BCUT2D eigenvalue weighted by Gasteiger charge is -2.27. The summed E-state index contributed by atoms with van der Waals surface area (Å²) >= 11 is 0. The highest BCUT2D eigenvalue weighted by Crippen LogP contribution is 2.34. The van der Waals surface area contributed by atoms with Crippen molar-refractivity contribution in [2.45, 2.75) is 51.5 Å². The number of nitrogens with zero attached hydrogens (tertiary/aromatic N) is 3. The van der Waals surface area contributed by atoms with Crippen LogP contribution in [0.15, 0.2) is 55.1 Å². The van der Waals surface area contributed by atoms with Gasteiger partial charge in [-0.2, -0.15) is 0 Å². The third kappa shape index (κ3) is 3.77. The van der Waals surface area contributed by atoms with E-state index in [2.05, 4.69) is 64.2 Å². The van der Waals surface area contributed by atoms with Crippen LogP contribution in [0.5, 0.6) is 0 Å². The van der Waals surface area contributed by atoms with Crippen LogP contribution in [0.3, 0.4) is 0 Å². The number of carbonyl (C=O) groups is 1. The predicted molar refractivity (Wildman–Crippen MR) is 125 cm³/mol. The zero-order chi connectivity index (χ0) is 22.3. The molecule has 3 aromatic heterocycles. The fraction of sp³-hybridized carbons (Fsp3) is 0.308. The molecule has 5 rings (SSSR count). The Morgan fingerprint density at radius 1 is 1.09 bits per heavy atom. The third-order valence-electron chi connectivity index (χ3n) is 6.25. The molecule has 6 heteroatoms. The van der Waals surface area contributed by atoms with E-state index in [1.165, 1.54) is 11.1 Å². The number of aromatic amines is 1. The van der Waals surface area contributed by atoms with Crippen molar-refractivity contribution in [1.29, 1.82) is 0 Å². The smallest absolute Gasteiger partial charge is 0.270 e. The summed E-state index contributed by atoms with van der Waals surface area (Å²) < 4.78 is 0. The van der Waals surface area contributed by atoms with Crippen molar-refractivity contribution in [2.75, 3.05) is 0 Å². The second kappa shape index (κ2) is 7.86. The van der Waals surface area contributed by atoms with Gasteiger partial charge in [-0.1, -0.05) is 39.0 Å². The molecule has 0 bridgehead atoms. The first-order valence-electron chi connectivity index (χ1n) is 11.1. The van der Waals surface area contributed by atoms with Crippen LogP contribution >= 0.6 is 0 Å². The molecule has 1 unspecified atom stereocenters. The fourth-order valence-electron chi connectivity index (χ4n) is 4.42. The van der Waals surface area contributed by atoms with E-state index < -0.39 is 0 Å². The summed E-state index contributed by atoms with van der Waals surface area (Å²) in [6, 6.07) is 12.2. The average Bonchev–Trinajstić information content (AvgIpc) is 3.27. The number of pyridine rings is 1. The van der Waals surface area contributed by atoms with Gasteiger partial charge >= 0.3 is 0 Å². The summed E-state index contributed by atoms with van der Waals surface area (Å²) in [6.07, 6.45) is 8.23. The highest BCUT2D eigenvalue weighted by atomic mass is 16.1. The zero-order valence-electron chi connectivity index (χ0n) is 18.6. The van der Waals surface area contributed by atoms with Crippen molar-refractivity contribution in [3.63, 3.8) is 0 Å². The van der Waals surface area contributed by atoms with Gasteiger partial charge in [0.1, 0.15) is 17.7 Å². The van der Waals surface area contributed by atoms with E-state index in [0.717, 1.165) is 47.1 Å². The van der Waals surface area contributed by atoms with Gasteiger partial charge in [0.15, 0.2) is 0 Å². The summed E-state index contributed by atoms with van der Waals surface area (Å²) in [5.41, 5.74) is 6.86. The van der Waals surface area contributed by atoms with E-state index in [1.807, 2.05) is 24.4 Å². The fourth-order valence-corrected chi connectivity index (χ4v) is 4.42. The largest absolute Gasteiger partial charge is 0.346 e. The van der Waals surface area contributed by atoms with Gasteiger partial charge in [-0.3, -0.25) is 9.78 Å². The third-order valence-corrected chi connectivity index (χ3v) is 6.25. The number of hydrogen-bond donors (Lipinski definition) is 2. The van der Waals surface area contributed by atoms with Gasteiger partial charge in [0, 0.05) is 23.3 Å². The van der Waals surface area contributed by atoms with Gasteiger partial charge in [-0.25, -0.2) is 9.97 Å². The average molecular weight is 426 g/mol. The minimum atomic E-state index is -0.128. The van der Waals surface area contributed by atoms with Crippen LogP contribution in [0, 0.1) is 0 Å². The van der Waals surface area contributed by atoms with Gasteiger partial charge in [0.25, 0.3) is 5.91 Å². The number of aromatic nitrogens is 4. The highest BCUT2D eigenvalue weighted by molar-refractivity contribution is 5.93. The molecule has 162 valence electrons. The lowest BCUT2D eigenvalue weighted by atomic mass is 9.86. The van der Waals surface area contributed by atoms with Crippen LogP contribution < -0.4 is 5.32 Å². The van der Waals surface area contributed by atoms with Gasteiger partial charge in [-0.15, -0.1) is 0 Å². The Kier molecular flexibility index (Phi) is 5.00. The molecule has 1 aliphatic rings. The number of nitrogens with one attached hydrogen (secondary N) is 2. The topological polar surface area (TPSA) is 83.6 Å². The zero-order valence-corrected chi connectivity index (χ0v) is 18.6. The maximum absolute atomic E-state index is 12.9.